The second kappa shape index (κ2) is 9.42. The number of anilines is 1. The van der Waals surface area contributed by atoms with Crippen molar-refractivity contribution in [3.63, 3.8) is 0 Å². The number of aromatic nitrogens is 3. The first-order valence-corrected chi connectivity index (χ1v) is 10.4. The third-order valence-electron chi connectivity index (χ3n) is 5.37. The van der Waals surface area contributed by atoms with Crippen LogP contribution in [-0.4, -0.2) is 32.2 Å². The van der Waals surface area contributed by atoms with Gasteiger partial charge in [0.15, 0.2) is 0 Å². The highest BCUT2D eigenvalue weighted by atomic mass is 16.2. The fourth-order valence-corrected chi connectivity index (χ4v) is 3.82. The van der Waals surface area contributed by atoms with Crippen LogP contribution in [0.25, 0.3) is 0 Å². The lowest BCUT2D eigenvalue weighted by Crippen LogP contribution is -2.37. The molecule has 2 amide bonds. The molecule has 2 aromatic heterocycles. The second-order valence-electron chi connectivity index (χ2n) is 7.79. The van der Waals surface area contributed by atoms with Gasteiger partial charge in [0, 0.05) is 36.4 Å². The van der Waals surface area contributed by atoms with Gasteiger partial charge in [-0.25, -0.2) is 0 Å². The number of carbonyl (C=O) groups is 2. The summed E-state index contributed by atoms with van der Waals surface area (Å²) in [5.41, 5.74) is 1.63. The van der Waals surface area contributed by atoms with Crippen LogP contribution in [0.1, 0.15) is 41.6 Å². The summed E-state index contributed by atoms with van der Waals surface area (Å²) < 4.78 is 3.07. The first kappa shape index (κ1) is 20.6. The molecule has 2 heterocycles. The molecule has 1 aliphatic carbocycles. The van der Waals surface area contributed by atoms with Gasteiger partial charge in [0.25, 0.3) is 11.5 Å². The zero-order valence-corrected chi connectivity index (χ0v) is 17.2. The van der Waals surface area contributed by atoms with E-state index in [1.165, 1.54) is 22.9 Å². The van der Waals surface area contributed by atoms with Gasteiger partial charge in [-0.2, -0.15) is 5.10 Å². The standard InChI is InChI=1S/C23H25N5O3/c29-21(25-19-6-1-2-7-19)16-27-15-18(9-10-22(27)30)23(31)26-20-8-3-5-17(13-20)14-28-12-4-11-24-28/h3-5,8-13,15,19H,1-2,6-7,14,16H2,(H,25,29)(H,26,31). The van der Waals surface area contributed by atoms with Gasteiger partial charge in [0.05, 0.1) is 12.1 Å². The third-order valence-corrected chi connectivity index (χ3v) is 5.37. The number of carbonyl (C=O) groups excluding carboxylic acids is 2. The molecule has 160 valence electrons. The Balaban J connectivity index is 1.42. The summed E-state index contributed by atoms with van der Waals surface area (Å²) in [5, 5.41) is 10.0. The van der Waals surface area contributed by atoms with Gasteiger partial charge < -0.3 is 15.2 Å². The molecule has 0 atom stereocenters. The van der Waals surface area contributed by atoms with Gasteiger partial charge in [-0.15, -0.1) is 0 Å². The molecule has 0 aliphatic heterocycles. The maximum atomic E-state index is 12.7. The predicted molar refractivity (Wildman–Crippen MR) is 117 cm³/mol. The van der Waals surface area contributed by atoms with Crippen molar-refractivity contribution in [2.45, 2.75) is 44.8 Å². The summed E-state index contributed by atoms with van der Waals surface area (Å²) in [6.45, 7) is 0.494. The Kier molecular flexibility index (Phi) is 6.26. The molecule has 1 aliphatic rings. The Hall–Kier alpha value is -3.68. The lowest BCUT2D eigenvalue weighted by atomic mass is 10.2. The van der Waals surface area contributed by atoms with Gasteiger partial charge in [-0.1, -0.05) is 25.0 Å². The molecule has 0 bridgehead atoms. The van der Waals surface area contributed by atoms with Gasteiger partial charge >= 0.3 is 0 Å². The summed E-state index contributed by atoms with van der Waals surface area (Å²) in [7, 11) is 0. The Bertz CT molecular complexity index is 1110. The lowest BCUT2D eigenvalue weighted by molar-refractivity contribution is -0.122. The highest BCUT2D eigenvalue weighted by Crippen LogP contribution is 2.17. The summed E-state index contributed by atoms with van der Waals surface area (Å²) in [4.78, 5) is 37.2. The number of hydrogen-bond acceptors (Lipinski definition) is 4. The van der Waals surface area contributed by atoms with Crippen LogP contribution < -0.4 is 16.2 Å². The fraction of sp³-hybridized carbons (Fsp3) is 0.304. The van der Waals surface area contributed by atoms with Crippen molar-refractivity contribution in [2.24, 2.45) is 0 Å². The molecule has 3 aromatic rings. The molecular weight excluding hydrogens is 394 g/mol. The molecule has 1 fully saturated rings. The molecule has 0 spiro atoms. The van der Waals surface area contributed by atoms with Crippen LogP contribution >= 0.6 is 0 Å². The summed E-state index contributed by atoms with van der Waals surface area (Å²) in [6, 6.07) is 12.3. The fourth-order valence-electron chi connectivity index (χ4n) is 3.82. The van der Waals surface area contributed by atoms with Crippen molar-refractivity contribution >= 4 is 17.5 Å². The zero-order valence-electron chi connectivity index (χ0n) is 17.2. The minimum Gasteiger partial charge on any atom is -0.352 e. The molecule has 0 unspecified atom stereocenters. The highest BCUT2D eigenvalue weighted by molar-refractivity contribution is 6.04. The minimum absolute atomic E-state index is 0.101. The van der Waals surface area contributed by atoms with Crippen LogP contribution in [0.3, 0.4) is 0 Å². The number of nitrogens with one attached hydrogen (secondary N) is 2. The normalized spacial score (nSPS) is 13.8. The average molecular weight is 419 g/mol. The minimum atomic E-state index is -0.346. The molecular formula is C23H25N5O3. The maximum Gasteiger partial charge on any atom is 0.257 e. The first-order valence-electron chi connectivity index (χ1n) is 10.4. The molecule has 31 heavy (non-hydrogen) atoms. The summed E-state index contributed by atoms with van der Waals surface area (Å²) in [6.07, 6.45) is 9.20. The van der Waals surface area contributed by atoms with Crippen LogP contribution in [0.15, 0.2) is 65.8 Å². The van der Waals surface area contributed by atoms with Gasteiger partial charge in [-0.3, -0.25) is 19.1 Å². The third kappa shape index (κ3) is 5.48. The van der Waals surface area contributed by atoms with E-state index < -0.39 is 0 Å². The molecule has 8 heteroatoms. The lowest BCUT2D eigenvalue weighted by Gasteiger charge is -2.13. The van der Waals surface area contributed by atoms with Crippen molar-refractivity contribution in [1.29, 1.82) is 0 Å². The van der Waals surface area contributed by atoms with Crippen LogP contribution in [0.2, 0.25) is 0 Å². The van der Waals surface area contributed by atoms with Crippen molar-refractivity contribution in [3.05, 3.63) is 82.5 Å². The molecule has 0 radical (unpaired) electrons. The molecule has 4 rings (SSSR count). The SMILES string of the molecule is O=C(Cn1cc(C(=O)Nc2cccc(Cn3cccn3)c2)ccc1=O)NC1CCCC1. The quantitative estimate of drug-likeness (QED) is 0.614. The highest BCUT2D eigenvalue weighted by Gasteiger charge is 2.18. The number of rotatable bonds is 7. The Morgan fingerprint density at radius 1 is 1.10 bits per heavy atom. The average Bonchev–Trinajstić information content (AvgIpc) is 3.44. The molecule has 8 nitrogen and oxygen atoms in total. The van der Waals surface area contributed by atoms with Crippen molar-refractivity contribution in [1.82, 2.24) is 19.7 Å². The van der Waals surface area contributed by atoms with Gasteiger partial charge in [0.1, 0.15) is 6.54 Å². The number of amides is 2. The molecule has 1 saturated carbocycles. The maximum absolute atomic E-state index is 12.7. The van der Waals surface area contributed by atoms with Crippen molar-refractivity contribution < 1.29 is 9.59 Å². The van der Waals surface area contributed by atoms with Crippen LogP contribution in [0, 0.1) is 0 Å². The number of benzene rings is 1. The first-order chi connectivity index (χ1) is 15.1. The Morgan fingerprint density at radius 2 is 1.94 bits per heavy atom. The summed E-state index contributed by atoms with van der Waals surface area (Å²) in [5.74, 6) is -0.556. The van der Waals surface area contributed by atoms with Crippen LogP contribution in [0.4, 0.5) is 5.69 Å². The largest absolute Gasteiger partial charge is 0.352 e. The number of pyridine rings is 1. The molecule has 0 saturated heterocycles. The second-order valence-corrected chi connectivity index (χ2v) is 7.79. The zero-order chi connectivity index (χ0) is 21.6. The van der Waals surface area contributed by atoms with Crippen LogP contribution in [0.5, 0.6) is 0 Å². The summed E-state index contributed by atoms with van der Waals surface area (Å²) >= 11 is 0. The molecule has 2 N–H and O–H groups in total. The van der Waals surface area contributed by atoms with E-state index in [0.717, 1.165) is 31.2 Å². The van der Waals surface area contributed by atoms with Gasteiger partial charge in [0.2, 0.25) is 5.91 Å². The Morgan fingerprint density at radius 3 is 2.71 bits per heavy atom. The van der Waals surface area contributed by atoms with E-state index in [1.54, 1.807) is 16.9 Å². The molecule has 1 aromatic carbocycles. The van der Waals surface area contributed by atoms with Crippen molar-refractivity contribution in [3.8, 4) is 0 Å². The van der Waals surface area contributed by atoms with E-state index in [0.29, 0.717) is 17.8 Å². The number of nitrogens with zero attached hydrogens (tertiary/aromatic N) is 3. The van der Waals surface area contributed by atoms with E-state index in [1.807, 2.05) is 30.5 Å². The van der Waals surface area contributed by atoms with Crippen LogP contribution in [-0.2, 0) is 17.9 Å². The van der Waals surface area contributed by atoms with Crippen molar-refractivity contribution in [2.75, 3.05) is 5.32 Å². The van der Waals surface area contributed by atoms with Gasteiger partial charge in [-0.05, 0) is 42.7 Å². The topological polar surface area (TPSA) is 98.0 Å². The number of hydrogen-bond donors (Lipinski definition) is 2. The smallest absolute Gasteiger partial charge is 0.257 e. The van der Waals surface area contributed by atoms with E-state index in [2.05, 4.69) is 15.7 Å². The monoisotopic (exact) mass is 419 g/mol. The van der Waals surface area contributed by atoms with E-state index >= 15 is 0 Å². The predicted octanol–water partition coefficient (Wildman–Crippen LogP) is 2.40. The van der Waals surface area contributed by atoms with E-state index in [9.17, 15) is 14.4 Å². The Labute approximate surface area is 179 Å². The van der Waals surface area contributed by atoms with E-state index in [-0.39, 0.29) is 30.0 Å². The van der Waals surface area contributed by atoms with E-state index in [4.69, 9.17) is 0 Å².